The second-order valence-electron chi connectivity index (χ2n) is 1.97. The van der Waals surface area contributed by atoms with Gasteiger partial charge in [0.1, 0.15) is 0 Å². The van der Waals surface area contributed by atoms with Crippen molar-refractivity contribution < 1.29 is 0 Å². The summed E-state index contributed by atoms with van der Waals surface area (Å²) in [5.41, 5.74) is 0. The van der Waals surface area contributed by atoms with Crippen LogP contribution in [0.5, 0.6) is 0 Å². The third-order valence-corrected chi connectivity index (χ3v) is 1.16. The molecule has 0 rings (SSSR count). The molecule has 0 aliphatic heterocycles. The minimum atomic E-state index is 0.203. The Morgan fingerprint density at radius 2 is 2.00 bits per heavy atom. The van der Waals surface area contributed by atoms with Crippen molar-refractivity contribution in [2.24, 2.45) is 0 Å². The molecule has 0 aromatic carbocycles. The summed E-state index contributed by atoms with van der Waals surface area (Å²) in [4.78, 5) is 0. The zero-order valence-electron chi connectivity index (χ0n) is 6.48. The fraction of sp³-hybridized carbons (Fsp3) is 0. The normalized spacial score (nSPS) is 7.27. The fourth-order valence-corrected chi connectivity index (χ4v) is 0.606. The van der Waals surface area contributed by atoms with Crippen molar-refractivity contribution in [2.45, 2.75) is 0 Å². The Labute approximate surface area is 76.6 Å². The van der Waals surface area contributed by atoms with E-state index in [1.165, 1.54) is 13.8 Å². The third kappa shape index (κ3) is 6.71. The summed E-state index contributed by atoms with van der Waals surface area (Å²) >= 11 is 0. The van der Waals surface area contributed by atoms with Gasteiger partial charge in [0.05, 0.1) is 0 Å². The molecule has 0 heterocycles. The van der Waals surface area contributed by atoms with Crippen molar-refractivity contribution in [1.29, 1.82) is 0 Å². The van der Waals surface area contributed by atoms with E-state index >= 15 is 0 Å². The van der Waals surface area contributed by atoms with Crippen LogP contribution in [0.3, 0.4) is 0 Å². The van der Waals surface area contributed by atoms with Gasteiger partial charge in [0.15, 0.2) is 0 Å². The number of hydrogen-bond donors (Lipinski definition) is 0. The van der Waals surface area contributed by atoms with Crippen LogP contribution in [-0.2, 0) is 0 Å². The van der Waals surface area contributed by atoms with Crippen LogP contribution >= 0.6 is 0 Å². The Bertz CT molecular complexity index is 119. The molecular weight excluding hydrogens is 121 g/mol. The molecule has 0 spiro atoms. The van der Waals surface area contributed by atoms with Crippen LogP contribution in [0.2, 0.25) is 0 Å². The number of hydrogen-bond acceptors (Lipinski definition) is 0. The Balaban J connectivity index is 3.48. The van der Waals surface area contributed by atoms with Crippen molar-refractivity contribution >= 4 is 63.6 Å². The van der Waals surface area contributed by atoms with Crippen molar-refractivity contribution in [3.8, 4) is 0 Å². The zero-order chi connectivity index (χ0) is 8.53. The van der Waals surface area contributed by atoms with E-state index in [4.69, 9.17) is 15.5 Å². The van der Waals surface area contributed by atoms with E-state index in [9.17, 15) is 0 Å². The molecule has 0 saturated heterocycles. The van der Waals surface area contributed by atoms with E-state index in [1.54, 1.807) is 19.7 Å². The molecule has 0 aliphatic carbocycles. The van der Waals surface area contributed by atoms with Gasteiger partial charge in [-0.15, -0.1) is 0 Å². The van der Waals surface area contributed by atoms with Gasteiger partial charge < -0.3 is 0 Å². The average molecular weight is 124 g/mol. The first-order chi connectivity index (χ1) is 5.35. The van der Waals surface area contributed by atoms with E-state index in [-0.39, 0.29) is 6.49 Å². The fourth-order valence-electron chi connectivity index (χ4n) is 0.606. The Morgan fingerprint density at radius 1 is 1.27 bits per heavy atom. The topological polar surface area (TPSA) is 0 Å². The van der Waals surface area contributed by atoms with E-state index in [0.717, 1.165) is 0 Å². The van der Waals surface area contributed by atoms with E-state index in [1.807, 2.05) is 14.1 Å². The molecule has 0 N–H and O–H groups in total. The quantitative estimate of drug-likeness (QED) is 0.337. The molecule has 0 unspecified atom stereocenters. The molecule has 0 nitrogen and oxygen atoms in total. The van der Waals surface area contributed by atoms with E-state index in [0.29, 0.717) is 0 Å². The predicted molar refractivity (Wildman–Crippen MR) is 62.0 cm³/mol. The van der Waals surface area contributed by atoms with Crippen LogP contribution in [0.15, 0.2) is 12.6 Å². The summed E-state index contributed by atoms with van der Waals surface area (Å²) in [6.07, 6.45) is 0. The molecule has 0 atom stereocenters. The van der Waals surface area contributed by atoms with Gasteiger partial charge in [-0.2, -0.15) is 0 Å². The molecule has 9 heteroatoms. The maximum absolute atomic E-state index is 5.16. The molecule has 0 aliphatic rings. The van der Waals surface area contributed by atoms with E-state index < -0.39 is 0 Å². The molecule has 38 valence electrons. The molecular formula is C2H3B9. The van der Waals surface area contributed by atoms with Crippen molar-refractivity contribution in [2.75, 3.05) is 0 Å². The van der Waals surface area contributed by atoms with Crippen molar-refractivity contribution in [3.63, 3.8) is 0 Å². The summed E-state index contributed by atoms with van der Waals surface area (Å²) in [5.74, 6) is 1.81. The standard InChI is InChI=1S/C2H3B9/c1-2-11(9-7-5-3)10-8-6-4/h2H,1H2. The van der Waals surface area contributed by atoms with Gasteiger partial charge in [-0.25, -0.2) is 0 Å². The van der Waals surface area contributed by atoms with Gasteiger partial charge in [0.25, 0.3) is 0 Å². The predicted octanol–water partition coefficient (Wildman–Crippen LogP) is -2.75. The van der Waals surface area contributed by atoms with Crippen LogP contribution < -0.4 is 0 Å². The van der Waals surface area contributed by atoms with Gasteiger partial charge >= 0.3 is 76.2 Å². The molecule has 0 fully saturated rings. The van der Waals surface area contributed by atoms with Gasteiger partial charge in [-0.1, -0.05) is 0 Å². The van der Waals surface area contributed by atoms with Crippen LogP contribution in [0.1, 0.15) is 0 Å². The van der Waals surface area contributed by atoms with Gasteiger partial charge in [0.2, 0.25) is 0 Å². The summed E-state index contributed by atoms with van der Waals surface area (Å²) in [6, 6.07) is 0. The molecule has 0 aromatic rings. The molecule has 0 amide bonds. The second-order valence-corrected chi connectivity index (χ2v) is 1.97. The summed E-state index contributed by atoms with van der Waals surface area (Å²) < 4.78 is 0. The third-order valence-electron chi connectivity index (χ3n) is 1.16. The Kier molecular flexibility index (Phi) is 8.67. The zero-order valence-corrected chi connectivity index (χ0v) is 6.48. The van der Waals surface area contributed by atoms with Crippen LogP contribution in [-0.4, -0.2) is 63.6 Å². The van der Waals surface area contributed by atoms with Gasteiger partial charge in [-0.05, 0) is 0 Å². The first-order valence-electron chi connectivity index (χ1n) is 3.41. The van der Waals surface area contributed by atoms with Gasteiger partial charge in [-0.3, -0.25) is 0 Å². The maximum atomic E-state index is 5.16. The van der Waals surface area contributed by atoms with Crippen molar-refractivity contribution in [1.82, 2.24) is 0 Å². The molecule has 0 saturated carbocycles. The average Bonchev–Trinajstić information content (AvgIpc) is 2.05. The summed E-state index contributed by atoms with van der Waals surface area (Å²) in [5, 5.41) is 0. The van der Waals surface area contributed by atoms with Crippen LogP contribution in [0.25, 0.3) is 0 Å². The van der Waals surface area contributed by atoms with Gasteiger partial charge in [0, 0.05) is 0 Å². The monoisotopic (exact) mass is 126 g/mol. The first kappa shape index (κ1) is 11.3. The van der Waals surface area contributed by atoms with Crippen molar-refractivity contribution in [3.05, 3.63) is 12.6 Å². The molecule has 11 heavy (non-hydrogen) atoms. The van der Waals surface area contributed by atoms with Crippen LogP contribution in [0, 0.1) is 0 Å². The molecule has 8 radical (unpaired) electrons. The summed E-state index contributed by atoms with van der Waals surface area (Å²) in [6.45, 7) is 7.11. The Morgan fingerprint density at radius 3 is 2.45 bits per heavy atom. The molecule has 0 bridgehead atoms. The summed E-state index contributed by atoms with van der Waals surface area (Å²) in [7, 11) is 17.4. The number of rotatable bonds is 6. The van der Waals surface area contributed by atoms with E-state index in [2.05, 4.69) is 6.58 Å². The SMILES string of the molecule is [B][B][B][B]B([B]B=B[B])C=C. The molecule has 0 aromatic heterocycles. The second kappa shape index (κ2) is 8.42. The minimum absolute atomic E-state index is 0.203. The first-order valence-corrected chi connectivity index (χ1v) is 3.41. The van der Waals surface area contributed by atoms with Crippen LogP contribution in [0.4, 0.5) is 0 Å². The Hall–Kier alpha value is 0.324.